The molecule has 0 saturated heterocycles. The summed E-state index contributed by atoms with van der Waals surface area (Å²) >= 11 is 0. The van der Waals surface area contributed by atoms with Gasteiger partial charge in [-0.15, -0.1) is 0 Å². The third-order valence-corrected chi connectivity index (χ3v) is 3.03. The Morgan fingerprint density at radius 3 is 2.63 bits per heavy atom. The van der Waals surface area contributed by atoms with E-state index in [1.54, 1.807) is 7.11 Å². The normalized spacial score (nSPS) is 10.8. The van der Waals surface area contributed by atoms with Crippen molar-refractivity contribution in [3.05, 3.63) is 29.3 Å². The molecule has 0 heterocycles. The molecule has 0 amide bonds. The van der Waals surface area contributed by atoms with Gasteiger partial charge in [0.05, 0.1) is 12.2 Å². The van der Waals surface area contributed by atoms with Crippen LogP contribution in [-0.2, 0) is 4.74 Å². The summed E-state index contributed by atoms with van der Waals surface area (Å²) < 4.78 is 11.0. The van der Waals surface area contributed by atoms with Crippen molar-refractivity contribution in [2.75, 3.05) is 20.3 Å². The number of hydrogen-bond acceptors (Lipinski definition) is 3. The van der Waals surface area contributed by atoms with Crippen molar-refractivity contribution in [2.45, 2.75) is 32.8 Å². The molecule has 0 aliphatic heterocycles. The molecule has 0 atom stereocenters. The second-order valence-corrected chi connectivity index (χ2v) is 5.00. The molecule has 1 rings (SSSR count). The third-order valence-electron chi connectivity index (χ3n) is 3.03. The summed E-state index contributed by atoms with van der Waals surface area (Å²) in [7, 11) is 1.71. The fourth-order valence-electron chi connectivity index (χ4n) is 1.52. The lowest BCUT2D eigenvalue weighted by Crippen LogP contribution is -2.25. The van der Waals surface area contributed by atoms with E-state index in [0.717, 1.165) is 23.3 Å². The Hall–Kier alpha value is -1.50. The predicted molar refractivity (Wildman–Crippen MR) is 76.3 cm³/mol. The molecule has 3 nitrogen and oxygen atoms in total. The summed E-state index contributed by atoms with van der Waals surface area (Å²) in [4.78, 5) is 0. The molecule has 19 heavy (non-hydrogen) atoms. The summed E-state index contributed by atoms with van der Waals surface area (Å²) in [5.74, 6) is 6.38. The van der Waals surface area contributed by atoms with Gasteiger partial charge in [0.15, 0.2) is 0 Å². The lowest BCUT2D eigenvalue weighted by Gasteiger charge is -2.22. The molecule has 1 N–H and O–H groups in total. The zero-order valence-electron chi connectivity index (χ0n) is 12.1. The SMILES string of the molecule is COC(C)(C)CCOc1ccc(C#CCO)c(C)c1. The van der Waals surface area contributed by atoms with Crippen LogP contribution in [0.5, 0.6) is 5.75 Å². The van der Waals surface area contributed by atoms with Crippen molar-refractivity contribution in [2.24, 2.45) is 0 Å². The highest BCUT2D eigenvalue weighted by Crippen LogP contribution is 2.18. The average molecular weight is 262 g/mol. The molecule has 0 radical (unpaired) electrons. The highest BCUT2D eigenvalue weighted by atomic mass is 16.5. The van der Waals surface area contributed by atoms with Crippen LogP contribution in [-0.4, -0.2) is 31.0 Å². The van der Waals surface area contributed by atoms with Gasteiger partial charge in [-0.05, 0) is 44.5 Å². The molecule has 0 aliphatic carbocycles. The monoisotopic (exact) mass is 262 g/mol. The van der Waals surface area contributed by atoms with E-state index in [4.69, 9.17) is 14.6 Å². The molecule has 1 aromatic carbocycles. The third kappa shape index (κ3) is 5.34. The van der Waals surface area contributed by atoms with E-state index in [-0.39, 0.29) is 12.2 Å². The summed E-state index contributed by atoms with van der Waals surface area (Å²) in [5, 5.41) is 8.68. The van der Waals surface area contributed by atoms with Crippen molar-refractivity contribution < 1.29 is 14.6 Å². The number of aliphatic hydroxyl groups excluding tert-OH is 1. The van der Waals surface area contributed by atoms with Gasteiger partial charge in [0.2, 0.25) is 0 Å². The molecular formula is C16H22O3. The topological polar surface area (TPSA) is 38.7 Å². The van der Waals surface area contributed by atoms with Crippen LogP contribution in [0.1, 0.15) is 31.4 Å². The number of benzene rings is 1. The van der Waals surface area contributed by atoms with E-state index in [0.29, 0.717) is 6.61 Å². The zero-order valence-corrected chi connectivity index (χ0v) is 12.1. The second-order valence-electron chi connectivity index (χ2n) is 5.00. The second kappa shape index (κ2) is 7.18. The molecule has 3 heteroatoms. The molecule has 0 saturated carbocycles. The number of methoxy groups -OCH3 is 1. The minimum atomic E-state index is -0.165. The van der Waals surface area contributed by atoms with Crippen molar-refractivity contribution in [3.63, 3.8) is 0 Å². The smallest absolute Gasteiger partial charge is 0.119 e. The van der Waals surface area contributed by atoms with Crippen LogP contribution in [0.4, 0.5) is 0 Å². The highest BCUT2D eigenvalue weighted by Gasteiger charge is 2.15. The van der Waals surface area contributed by atoms with Crippen molar-refractivity contribution in [3.8, 4) is 17.6 Å². The fourth-order valence-corrected chi connectivity index (χ4v) is 1.52. The van der Waals surface area contributed by atoms with E-state index in [2.05, 4.69) is 11.8 Å². The van der Waals surface area contributed by atoms with Gasteiger partial charge in [0.25, 0.3) is 0 Å². The summed E-state index contributed by atoms with van der Waals surface area (Å²) in [5.41, 5.74) is 1.80. The van der Waals surface area contributed by atoms with E-state index in [1.807, 2.05) is 39.0 Å². The Labute approximate surface area is 115 Å². The van der Waals surface area contributed by atoms with Crippen molar-refractivity contribution in [1.82, 2.24) is 0 Å². The van der Waals surface area contributed by atoms with Gasteiger partial charge in [0.1, 0.15) is 12.4 Å². The average Bonchev–Trinajstić information content (AvgIpc) is 2.37. The van der Waals surface area contributed by atoms with Gasteiger partial charge in [-0.3, -0.25) is 0 Å². The Morgan fingerprint density at radius 1 is 1.32 bits per heavy atom. The molecule has 0 spiro atoms. The van der Waals surface area contributed by atoms with Crippen LogP contribution >= 0.6 is 0 Å². The Bertz CT molecular complexity index is 467. The van der Waals surface area contributed by atoms with Crippen molar-refractivity contribution in [1.29, 1.82) is 0 Å². The van der Waals surface area contributed by atoms with E-state index in [1.165, 1.54) is 0 Å². The Balaban J connectivity index is 2.59. The van der Waals surface area contributed by atoms with Gasteiger partial charge in [-0.2, -0.15) is 0 Å². The van der Waals surface area contributed by atoms with Crippen molar-refractivity contribution >= 4 is 0 Å². The van der Waals surface area contributed by atoms with Crippen LogP contribution in [0.3, 0.4) is 0 Å². The first-order valence-corrected chi connectivity index (χ1v) is 6.37. The van der Waals surface area contributed by atoms with Gasteiger partial charge in [-0.25, -0.2) is 0 Å². The fraction of sp³-hybridized carbons (Fsp3) is 0.500. The molecular weight excluding hydrogens is 240 g/mol. The number of ether oxygens (including phenoxy) is 2. The highest BCUT2D eigenvalue weighted by molar-refractivity contribution is 5.44. The van der Waals surface area contributed by atoms with E-state index < -0.39 is 0 Å². The first kappa shape index (κ1) is 15.6. The minimum Gasteiger partial charge on any atom is -0.493 e. The molecule has 104 valence electrons. The molecule has 0 fully saturated rings. The van der Waals surface area contributed by atoms with E-state index in [9.17, 15) is 0 Å². The lowest BCUT2D eigenvalue weighted by atomic mass is 10.1. The maximum atomic E-state index is 8.68. The van der Waals surface area contributed by atoms with Gasteiger partial charge in [0, 0.05) is 19.1 Å². The summed E-state index contributed by atoms with van der Waals surface area (Å²) in [6, 6.07) is 5.77. The minimum absolute atomic E-state index is 0.121. The Kier molecular flexibility index (Phi) is 5.88. The zero-order chi connectivity index (χ0) is 14.3. The van der Waals surface area contributed by atoms with Gasteiger partial charge in [-0.1, -0.05) is 11.8 Å². The van der Waals surface area contributed by atoms with Crippen LogP contribution in [0, 0.1) is 18.8 Å². The van der Waals surface area contributed by atoms with Crippen LogP contribution in [0.15, 0.2) is 18.2 Å². The molecule has 0 bridgehead atoms. The number of aryl methyl sites for hydroxylation is 1. The first-order valence-electron chi connectivity index (χ1n) is 6.37. The van der Waals surface area contributed by atoms with Gasteiger partial charge >= 0.3 is 0 Å². The summed E-state index contributed by atoms with van der Waals surface area (Å²) in [6.45, 7) is 6.55. The maximum absolute atomic E-state index is 8.68. The first-order chi connectivity index (χ1) is 8.98. The molecule has 0 unspecified atom stereocenters. The standard InChI is InChI=1S/C16H22O3/c1-13-12-15(8-7-14(13)6-5-10-17)19-11-9-16(2,3)18-4/h7-8,12,17H,9-11H2,1-4H3. The number of rotatable bonds is 5. The van der Waals surface area contributed by atoms with Crippen LogP contribution in [0.2, 0.25) is 0 Å². The quantitative estimate of drug-likeness (QED) is 0.829. The molecule has 0 aromatic heterocycles. The largest absolute Gasteiger partial charge is 0.493 e. The Morgan fingerprint density at radius 2 is 2.05 bits per heavy atom. The molecule has 1 aromatic rings. The van der Waals surface area contributed by atoms with Crippen LogP contribution < -0.4 is 4.74 Å². The molecule has 0 aliphatic rings. The maximum Gasteiger partial charge on any atom is 0.119 e. The summed E-state index contributed by atoms with van der Waals surface area (Å²) in [6.07, 6.45) is 0.828. The predicted octanol–water partition coefficient (Wildman–Crippen LogP) is 2.53. The number of aliphatic hydroxyl groups is 1. The van der Waals surface area contributed by atoms with E-state index >= 15 is 0 Å². The van der Waals surface area contributed by atoms with Crippen LogP contribution in [0.25, 0.3) is 0 Å². The van der Waals surface area contributed by atoms with Gasteiger partial charge < -0.3 is 14.6 Å². The lowest BCUT2D eigenvalue weighted by molar-refractivity contribution is 0.00545. The number of hydrogen-bond donors (Lipinski definition) is 1.